The SMILES string of the molecule is O=C1CCCc2c1cc(C(=O)O)n2Cc1ccc(Cl)c(Cl)c1. The Morgan fingerprint density at radius 2 is 1.95 bits per heavy atom. The summed E-state index contributed by atoms with van der Waals surface area (Å²) in [7, 11) is 0. The molecule has 22 heavy (non-hydrogen) atoms. The lowest BCUT2D eigenvalue weighted by Crippen LogP contribution is -2.16. The number of ketones is 1. The Morgan fingerprint density at radius 1 is 1.18 bits per heavy atom. The Morgan fingerprint density at radius 3 is 2.64 bits per heavy atom. The van der Waals surface area contributed by atoms with E-state index in [1.165, 1.54) is 6.07 Å². The summed E-state index contributed by atoms with van der Waals surface area (Å²) in [4.78, 5) is 23.5. The van der Waals surface area contributed by atoms with Gasteiger partial charge in [0.1, 0.15) is 5.69 Å². The number of halogens is 2. The second-order valence-electron chi connectivity index (χ2n) is 5.31. The first-order chi connectivity index (χ1) is 10.5. The molecule has 0 unspecified atom stereocenters. The molecule has 0 bridgehead atoms. The van der Waals surface area contributed by atoms with Gasteiger partial charge in [0.25, 0.3) is 0 Å². The number of fused-ring (bicyclic) bond motifs is 1. The van der Waals surface area contributed by atoms with E-state index < -0.39 is 5.97 Å². The number of carbonyl (C=O) groups excluding carboxylic acids is 1. The number of hydrogen-bond acceptors (Lipinski definition) is 2. The highest BCUT2D eigenvalue weighted by atomic mass is 35.5. The lowest BCUT2D eigenvalue weighted by atomic mass is 9.96. The largest absolute Gasteiger partial charge is 0.477 e. The number of aromatic nitrogens is 1. The Labute approximate surface area is 137 Å². The number of aromatic carboxylic acids is 1. The van der Waals surface area contributed by atoms with E-state index in [9.17, 15) is 14.7 Å². The zero-order valence-corrected chi connectivity index (χ0v) is 13.1. The molecule has 0 fully saturated rings. The summed E-state index contributed by atoms with van der Waals surface area (Å²) in [6.07, 6.45) is 1.93. The second kappa shape index (κ2) is 5.78. The number of rotatable bonds is 3. The molecule has 0 spiro atoms. The van der Waals surface area contributed by atoms with Crippen LogP contribution in [0.3, 0.4) is 0 Å². The number of Topliss-reactive ketones (excluding diaryl/α,β-unsaturated/α-hetero) is 1. The van der Waals surface area contributed by atoms with Gasteiger partial charge in [-0.3, -0.25) is 4.79 Å². The molecule has 0 saturated heterocycles. The van der Waals surface area contributed by atoms with Gasteiger partial charge in [0.2, 0.25) is 0 Å². The summed E-state index contributed by atoms with van der Waals surface area (Å²) < 4.78 is 1.69. The van der Waals surface area contributed by atoms with Gasteiger partial charge >= 0.3 is 5.97 Å². The van der Waals surface area contributed by atoms with Gasteiger partial charge in [-0.15, -0.1) is 0 Å². The summed E-state index contributed by atoms with van der Waals surface area (Å²) in [5.41, 5.74) is 2.29. The van der Waals surface area contributed by atoms with Crippen LogP contribution in [0.2, 0.25) is 10.0 Å². The Balaban J connectivity index is 2.07. The number of benzene rings is 1. The fourth-order valence-corrected chi connectivity index (χ4v) is 3.15. The monoisotopic (exact) mass is 337 g/mol. The molecule has 6 heteroatoms. The summed E-state index contributed by atoms with van der Waals surface area (Å²) in [5.74, 6) is -1.03. The van der Waals surface area contributed by atoms with E-state index in [2.05, 4.69) is 0 Å². The number of carboxylic acids is 1. The van der Waals surface area contributed by atoms with Crippen LogP contribution in [0.5, 0.6) is 0 Å². The molecule has 4 nitrogen and oxygen atoms in total. The maximum Gasteiger partial charge on any atom is 0.352 e. The molecule has 1 aromatic carbocycles. The van der Waals surface area contributed by atoms with E-state index in [0.717, 1.165) is 17.7 Å². The predicted octanol–water partition coefficient (Wildman–Crippen LogP) is 4.06. The number of nitrogens with zero attached hydrogens (tertiary/aromatic N) is 1. The van der Waals surface area contributed by atoms with Crippen molar-refractivity contribution in [3.05, 3.63) is 56.8 Å². The standard InChI is InChI=1S/C16H13Cl2NO3/c17-11-5-4-9(6-12(11)18)8-19-13-2-1-3-15(20)10(13)7-14(19)16(21)22/h4-7H,1-3,8H2,(H,21,22). The van der Waals surface area contributed by atoms with Crippen molar-refractivity contribution in [3.63, 3.8) is 0 Å². The normalized spacial score (nSPS) is 14.0. The lowest BCUT2D eigenvalue weighted by Gasteiger charge is -2.16. The van der Waals surface area contributed by atoms with Crippen molar-refractivity contribution in [2.24, 2.45) is 0 Å². The zero-order chi connectivity index (χ0) is 15.9. The van der Waals surface area contributed by atoms with Crippen LogP contribution in [0.25, 0.3) is 0 Å². The summed E-state index contributed by atoms with van der Waals surface area (Å²) >= 11 is 11.9. The highest BCUT2D eigenvalue weighted by Gasteiger charge is 2.26. The molecule has 0 amide bonds. The third-order valence-corrected chi connectivity index (χ3v) is 4.61. The highest BCUT2D eigenvalue weighted by molar-refractivity contribution is 6.42. The van der Waals surface area contributed by atoms with Crippen molar-refractivity contribution in [1.29, 1.82) is 0 Å². The molecule has 114 valence electrons. The van der Waals surface area contributed by atoms with E-state index in [0.29, 0.717) is 35.0 Å². The molecule has 1 heterocycles. The quantitative estimate of drug-likeness (QED) is 0.918. The zero-order valence-electron chi connectivity index (χ0n) is 11.6. The minimum absolute atomic E-state index is 0.0108. The van der Waals surface area contributed by atoms with Gasteiger partial charge < -0.3 is 9.67 Å². The molecular formula is C16H13Cl2NO3. The first-order valence-corrected chi connectivity index (χ1v) is 7.66. The first-order valence-electron chi connectivity index (χ1n) is 6.90. The van der Waals surface area contributed by atoms with E-state index in [1.807, 2.05) is 0 Å². The fourth-order valence-electron chi connectivity index (χ4n) is 2.83. The van der Waals surface area contributed by atoms with Gasteiger partial charge in [-0.1, -0.05) is 29.3 Å². The fraction of sp³-hybridized carbons (Fsp3) is 0.250. The average molecular weight is 338 g/mol. The molecular weight excluding hydrogens is 325 g/mol. The topological polar surface area (TPSA) is 59.3 Å². The summed E-state index contributed by atoms with van der Waals surface area (Å²) in [6, 6.07) is 6.68. The molecule has 0 aliphatic heterocycles. The van der Waals surface area contributed by atoms with Gasteiger partial charge in [-0.25, -0.2) is 4.79 Å². The van der Waals surface area contributed by atoms with Crippen molar-refractivity contribution in [3.8, 4) is 0 Å². The molecule has 1 aromatic heterocycles. The van der Waals surface area contributed by atoms with Gasteiger partial charge in [0.05, 0.1) is 10.0 Å². The van der Waals surface area contributed by atoms with E-state index in [1.54, 1.807) is 22.8 Å². The minimum atomic E-state index is -1.04. The van der Waals surface area contributed by atoms with Crippen LogP contribution >= 0.6 is 23.2 Å². The summed E-state index contributed by atoms with van der Waals surface area (Å²) in [5, 5.41) is 10.3. The van der Waals surface area contributed by atoms with Crippen LogP contribution in [0, 0.1) is 0 Å². The van der Waals surface area contributed by atoms with Crippen molar-refractivity contribution in [2.45, 2.75) is 25.8 Å². The van der Waals surface area contributed by atoms with Gasteiger partial charge in [0, 0.05) is 24.2 Å². The van der Waals surface area contributed by atoms with Crippen LogP contribution in [0.4, 0.5) is 0 Å². The van der Waals surface area contributed by atoms with Crippen molar-refractivity contribution in [1.82, 2.24) is 4.57 Å². The molecule has 0 atom stereocenters. The molecule has 0 radical (unpaired) electrons. The lowest BCUT2D eigenvalue weighted by molar-refractivity contribution is 0.0685. The molecule has 1 aliphatic carbocycles. The third kappa shape index (κ3) is 2.64. The van der Waals surface area contributed by atoms with Crippen LogP contribution < -0.4 is 0 Å². The van der Waals surface area contributed by atoms with Crippen LogP contribution in [0.15, 0.2) is 24.3 Å². The molecule has 1 N–H and O–H groups in total. The average Bonchev–Trinajstić information content (AvgIpc) is 2.84. The highest BCUT2D eigenvalue weighted by Crippen LogP contribution is 2.28. The Bertz CT molecular complexity index is 780. The van der Waals surface area contributed by atoms with Gasteiger partial charge in [0.15, 0.2) is 5.78 Å². The third-order valence-electron chi connectivity index (χ3n) is 3.87. The Kier molecular flexibility index (Phi) is 3.98. The number of carboxylic acid groups (broad SMARTS) is 1. The molecule has 3 rings (SSSR count). The van der Waals surface area contributed by atoms with E-state index >= 15 is 0 Å². The maximum absolute atomic E-state index is 12.0. The number of carbonyl (C=O) groups is 2. The van der Waals surface area contributed by atoms with E-state index in [4.69, 9.17) is 23.2 Å². The second-order valence-corrected chi connectivity index (χ2v) is 6.12. The van der Waals surface area contributed by atoms with Crippen LogP contribution in [0.1, 0.15) is 44.9 Å². The minimum Gasteiger partial charge on any atom is -0.477 e. The Hall–Kier alpha value is -1.78. The smallest absolute Gasteiger partial charge is 0.352 e. The van der Waals surface area contributed by atoms with Crippen molar-refractivity contribution in [2.75, 3.05) is 0 Å². The van der Waals surface area contributed by atoms with E-state index in [-0.39, 0.29) is 11.5 Å². The van der Waals surface area contributed by atoms with Crippen molar-refractivity contribution < 1.29 is 14.7 Å². The summed E-state index contributed by atoms with van der Waals surface area (Å²) in [6.45, 7) is 0.348. The van der Waals surface area contributed by atoms with Gasteiger partial charge in [-0.2, -0.15) is 0 Å². The molecule has 2 aromatic rings. The molecule has 0 saturated carbocycles. The van der Waals surface area contributed by atoms with Crippen LogP contribution in [-0.4, -0.2) is 21.4 Å². The van der Waals surface area contributed by atoms with Crippen LogP contribution in [-0.2, 0) is 13.0 Å². The first kappa shape index (κ1) is 15.1. The predicted molar refractivity (Wildman–Crippen MR) is 84.2 cm³/mol. The molecule has 1 aliphatic rings. The van der Waals surface area contributed by atoms with Crippen molar-refractivity contribution >= 4 is 35.0 Å². The number of hydrogen-bond donors (Lipinski definition) is 1. The maximum atomic E-state index is 12.0. The van der Waals surface area contributed by atoms with Gasteiger partial charge in [-0.05, 0) is 36.6 Å².